The summed E-state index contributed by atoms with van der Waals surface area (Å²) in [5, 5.41) is 0. The molecule has 0 bridgehead atoms. The van der Waals surface area contributed by atoms with Crippen molar-refractivity contribution in [2.45, 2.75) is 0 Å². The van der Waals surface area contributed by atoms with Crippen LogP contribution in [0.4, 0.5) is 22.7 Å². The van der Waals surface area contributed by atoms with Crippen molar-refractivity contribution in [2.75, 3.05) is 22.9 Å². The second kappa shape index (κ2) is 14.0. The van der Waals surface area contributed by atoms with E-state index in [0.717, 1.165) is 11.1 Å². The van der Waals surface area contributed by atoms with Crippen molar-refractivity contribution in [3.8, 4) is 11.1 Å². The maximum atomic E-state index is 5.74. The molecule has 0 heterocycles. The fraction of sp³-hybridized carbons (Fsp3) is 0. The van der Waals surface area contributed by atoms with Gasteiger partial charge in [-0.15, -0.1) is 74.4 Å². The lowest BCUT2D eigenvalue weighted by molar-refractivity contribution is 1.60. The SMILES string of the molecule is Cl.Cl.Cl.Cl.Cl.Cl.Nc1ccc(-c2ccc(N)c(N)c2)cc1N. The van der Waals surface area contributed by atoms with Gasteiger partial charge in [0.15, 0.2) is 0 Å². The molecule has 0 saturated carbocycles. The van der Waals surface area contributed by atoms with Crippen molar-refractivity contribution in [1.82, 2.24) is 0 Å². The highest BCUT2D eigenvalue weighted by Crippen LogP contribution is 2.28. The van der Waals surface area contributed by atoms with Crippen LogP contribution >= 0.6 is 74.4 Å². The van der Waals surface area contributed by atoms with E-state index in [1.807, 2.05) is 24.3 Å². The van der Waals surface area contributed by atoms with Gasteiger partial charge in [0.2, 0.25) is 0 Å². The summed E-state index contributed by atoms with van der Waals surface area (Å²) in [6.07, 6.45) is 0. The third-order valence-corrected chi connectivity index (χ3v) is 2.51. The van der Waals surface area contributed by atoms with Crippen molar-refractivity contribution in [1.29, 1.82) is 0 Å². The Morgan fingerprint density at radius 3 is 0.909 bits per heavy atom. The average Bonchev–Trinajstić information content (AvgIpc) is 2.26. The molecule has 0 aliphatic carbocycles. The van der Waals surface area contributed by atoms with Gasteiger partial charge >= 0.3 is 0 Å². The van der Waals surface area contributed by atoms with Crippen LogP contribution in [-0.4, -0.2) is 0 Å². The molecule has 2 aromatic rings. The summed E-state index contributed by atoms with van der Waals surface area (Å²) in [7, 11) is 0. The Bertz CT molecular complexity index is 504. The van der Waals surface area contributed by atoms with Crippen LogP contribution in [0.15, 0.2) is 36.4 Å². The van der Waals surface area contributed by atoms with Crippen LogP contribution in [0.3, 0.4) is 0 Å². The van der Waals surface area contributed by atoms with Gasteiger partial charge in [-0.25, -0.2) is 0 Å². The predicted molar refractivity (Wildman–Crippen MR) is 113 cm³/mol. The molecule has 10 heteroatoms. The van der Waals surface area contributed by atoms with E-state index >= 15 is 0 Å². The smallest absolute Gasteiger partial charge is 0.0554 e. The van der Waals surface area contributed by atoms with Crippen LogP contribution in [0.5, 0.6) is 0 Å². The Kier molecular flexibility index (Phi) is 21.1. The van der Waals surface area contributed by atoms with Gasteiger partial charge in [0.05, 0.1) is 22.7 Å². The number of rotatable bonds is 1. The van der Waals surface area contributed by atoms with Crippen molar-refractivity contribution in [2.24, 2.45) is 0 Å². The summed E-state index contributed by atoms with van der Waals surface area (Å²) >= 11 is 0. The highest BCUT2D eigenvalue weighted by atomic mass is 35.5. The number of hydrogen-bond donors (Lipinski definition) is 4. The van der Waals surface area contributed by atoms with E-state index in [-0.39, 0.29) is 74.4 Å². The molecule has 0 spiro atoms. The maximum Gasteiger partial charge on any atom is 0.0554 e. The van der Waals surface area contributed by atoms with Crippen LogP contribution in [0.2, 0.25) is 0 Å². The second-order valence-electron chi connectivity index (χ2n) is 3.69. The van der Waals surface area contributed by atoms with Crippen LogP contribution in [0.1, 0.15) is 0 Å². The molecule has 130 valence electrons. The molecular formula is C12H20Cl6N4. The first kappa shape index (κ1) is 33.1. The largest absolute Gasteiger partial charge is 0.397 e. The fourth-order valence-corrected chi connectivity index (χ4v) is 1.51. The predicted octanol–water partition coefficient (Wildman–Crippen LogP) is 4.21. The van der Waals surface area contributed by atoms with E-state index in [2.05, 4.69) is 0 Å². The van der Waals surface area contributed by atoms with Gasteiger partial charge in [-0.3, -0.25) is 0 Å². The molecule has 8 N–H and O–H groups in total. The molecule has 0 aliphatic rings. The molecule has 0 amide bonds. The number of anilines is 4. The highest BCUT2D eigenvalue weighted by Gasteiger charge is 2.02. The molecule has 0 aromatic heterocycles. The summed E-state index contributed by atoms with van der Waals surface area (Å²) < 4.78 is 0. The molecule has 2 rings (SSSR count). The zero-order chi connectivity index (χ0) is 11.7. The van der Waals surface area contributed by atoms with E-state index in [4.69, 9.17) is 22.9 Å². The third kappa shape index (κ3) is 7.58. The maximum absolute atomic E-state index is 5.74. The molecule has 0 saturated heterocycles. The Labute approximate surface area is 167 Å². The van der Waals surface area contributed by atoms with Gasteiger partial charge in [-0.05, 0) is 35.4 Å². The summed E-state index contributed by atoms with van der Waals surface area (Å²) in [4.78, 5) is 0. The Hall–Kier alpha value is -0.620. The lowest BCUT2D eigenvalue weighted by atomic mass is 10.0. The minimum Gasteiger partial charge on any atom is -0.397 e. The molecule has 0 unspecified atom stereocenters. The summed E-state index contributed by atoms with van der Waals surface area (Å²) in [5.74, 6) is 0. The van der Waals surface area contributed by atoms with Crippen molar-refractivity contribution >= 4 is 97.2 Å². The standard InChI is InChI=1S/C12H14N4.6ClH/c13-9-3-1-7(5-11(9)15)8-2-4-10(14)12(16)6-8;;;;;;/h1-6H,13-16H2;6*1H. The van der Waals surface area contributed by atoms with E-state index in [9.17, 15) is 0 Å². The Morgan fingerprint density at radius 2 is 0.682 bits per heavy atom. The first-order valence-corrected chi connectivity index (χ1v) is 4.88. The van der Waals surface area contributed by atoms with Crippen molar-refractivity contribution < 1.29 is 0 Å². The number of hydrogen-bond acceptors (Lipinski definition) is 4. The van der Waals surface area contributed by atoms with Gasteiger partial charge in [-0.2, -0.15) is 0 Å². The molecule has 0 fully saturated rings. The van der Waals surface area contributed by atoms with Crippen LogP contribution in [0, 0.1) is 0 Å². The average molecular weight is 433 g/mol. The first-order chi connectivity index (χ1) is 7.58. The highest BCUT2D eigenvalue weighted by molar-refractivity contribution is 5.86. The van der Waals surface area contributed by atoms with Crippen molar-refractivity contribution in [3.63, 3.8) is 0 Å². The van der Waals surface area contributed by atoms with Gasteiger partial charge in [0.1, 0.15) is 0 Å². The van der Waals surface area contributed by atoms with Crippen LogP contribution in [0.25, 0.3) is 11.1 Å². The number of halogens is 6. The lowest BCUT2D eigenvalue weighted by Gasteiger charge is -2.07. The molecule has 4 nitrogen and oxygen atoms in total. The van der Waals surface area contributed by atoms with Crippen LogP contribution < -0.4 is 22.9 Å². The first-order valence-electron chi connectivity index (χ1n) is 4.88. The fourth-order valence-electron chi connectivity index (χ4n) is 1.51. The summed E-state index contributed by atoms with van der Waals surface area (Å²) in [5.41, 5.74) is 27.0. The van der Waals surface area contributed by atoms with Gasteiger partial charge < -0.3 is 22.9 Å². The summed E-state index contributed by atoms with van der Waals surface area (Å²) in [6.45, 7) is 0. The quantitative estimate of drug-likeness (QED) is 0.506. The minimum absolute atomic E-state index is 0. The molecule has 0 atom stereocenters. The van der Waals surface area contributed by atoms with Gasteiger partial charge in [0, 0.05) is 0 Å². The molecule has 2 aromatic carbocycles. The molecule has 0 radical (unpaired) electrons. The summed E-state index contributed by atoms with van der Waals surface area (Å²) in [6, 6.07) is 11.0. The van der Waals surface area contributed by atoms with Gasteiger partial charge in [0.25, 0.3) is 0 Å². The Morgan fingerprint density at radius 1 is 0.409 bits per heavy atom. The zero-order valence-electron chi connectivity index (χ0n) is 11.2. The van der Waals surface area contributed by atoms with E-state index in [0.29, 0.717) is 22.7 Å². The Balaban J connectivity index is -0.000000161. The van der Waals surface area contributed by atoms with Gasteiger partial charge in [-0.1, -0.05) is 12.1 Å². The third-order valence-electron chi connectivity index (χ3n) is 2.51. The van der Waals surface area contributed by atoms with Crippen LogP contribution in [-0.2, 0) is 0 Å². The van der Waals surface area contributed by atoms with E-state index in [1.54, 1.807) is 12.1 Å². The zero-order valence-corrected chi connectivity index (χ0v) is 16.1. The van der Waals surface area contributed by atoms with E-state index in [1.165, 1.54) is 0 Å². The monoisotopic (exact) mass is 430 g/mol. The minimum atomic E-state index is 0. The van der Waals surface area contributed by atoms with E-state index < -0.39 is 0 Å². The topological polar surface area (TPSA) is 104 Å². The second-order valence-corrected chi connectivity index (χ2v) is 3.69. The normalized spacial score (nSPS) is 7.45. The lowest BCUT2D eigenvalue weighted by Crippen LogP contribution is -1.96. The molecule has 22 heavy (non-hydrogen) atoms. The number of nitrogen functional groups attached to an aromatic ring is 4. The number of benzene rings is 2. The number of nitrogens with two attached hydrogens (primary N) is 4. The molecular weight excluding hydrogens is 413 g/mol. The van der Waals surface area contributed by atoms with Crippen molar-refractivity contribution in [3.05, 3.63) is 36.4 Å². The molecule has 0 aliphatic heterocycles.